The maximum absolute atomic E-state index is 13.9. The lowest BCUT2D eigenvalue weighted by molar-refractivity contribution is -0.138. The van der Waals surface area contributed by atoms with Crippen LogP contribution in [0.3, 0.4) is 0 Å². The summed E-state index contributed by atoms with van der Waals surface area (Å²) in [7, 11) is 0. The van der Waals surface area contributed by atoms with Gasteiger partial charge < -0.3 is 16.0 Å². The zero-order valence-corrected chi connectivity index (χ0v) is 22.6. The number of aromatic nitrogens is 2. The van der Waals surface area contributed by atoms with Gasteiger partial charge in [0, 0.05) is 46.2 Å². The number of nitrogens with two attached hydrogens (primary N) is 1. The maximum Gasteiger partial charge on any atom is 0.417 e. The summed E-state index contributed by atoms with van der Waals surface area (Å²) in [5.41, 5.74) is 7.02. The number of halogens is 3. The van der Waals surface area contributed by atoms with Crippen LogP contribution in [0.2, 0.25) is 0 Å². The van der Waals surface area contributed by atoms with Gasteiger partial charge >= 0.3 is 6.18 Å². The fraction of sp³-hybridized carbons (Fsp3) is 0.267. The molecule has 41 heavy (non-hydrogen) atoms. The van der Waals surface area contributed by atoms with Gasteiger partial charge in [0.15, 0.2) is 0 Å². The molecule has 8 nitrogen and oxygen atoms in total. The molecule has 3 heterocycles. The highest BCUT2D eigenvalue weighted by molar-refractivity contribution is 6.10. The maximum atomic E-state index is 13.9. The van der Waals surface area contributed by atoms with Crippen LogP contribution in [0.25, 0.3) is 16.8 Å². The largest absolute Gasteiger partial charge is 0.417 e. The number of nitrogens with zero attached hydrogens (tertiary/aromatic N) is 3. The molecular weight excluding hydrogens is 535 g/mol. The van der Waals surface area contributed by atoms with Crippen molar-refractivity contribution in [1.29, 1.82) is 0 Å². The summed E-state index contributed by atoms with van der Waals surface area (Å²) in [5.74, 6) is -1.53. The highest BCUT2D eigenvalue weighted by Gasteiger charge is 2.36. The number of nitrogens with one attached hydrogen (secondary N) is 1. The van der Waals surface area contributed by atoms with Gasteiger partial charge in [0.25, 0.3) is 5.91 Å². The Balaban J connectivity index is 1.60. The van der Waals surface area contributed by atoms with Gasteiger partial charge in [-0.3, -0.25) is 14.4 Å². The molecule has 0 spiro atoms. The van der Waals surface area contributed by atoms with Crippen LogP contribution in [0.4, 0.5) is 24.5 Å². The van der Waals surface area contributed by atoms with Crippen molar-refractivity contribution in [3.05, 3.63) is 83.0 Å². The van der Waals surface area contributed by atoms with Crippen LogP contribution < -0.4 is 16.0 Å². The van der Waals surface area contributed by atoms with Crippen LogP contribution in [-0.2, 0) is 17.4 Å². The molecular formula is C30H28F3N5O3. The molecule has 3 N–H and O–H groups in total. The number of benzene rings is 2. The van der Waals surface area contributed by atoms with Crippen molar-refractivity contribution in [3.63, 3.8) is 0 Å². The molecule has 1 aliphatic heterocycles. The Morgan fingerprint density at radius 3 is 2.39 bits per heavy atom. The Bertz CT molecular complexity index is 1680. The van der Waals surface area contributed by atoms with Crippen LogP contribution in [0.1, 0.15) is 59.0 Å². The number of alkyl halides is 3. The van der Waals surface area contributed by atoms with E-state index in [0.29, 0.717) is 23.2 Å². The number of amides is 3. The summed E-state index contributed by atoms with van der Waals surface area (Å²) in [4.78, 5) is 39.4. The van der Waals surface area contributed by atoms with Crippen molar-refractivity contribution in [3.8, 4) is 11.3 Å². The average molecular weight is 564 g/mol. The van der Waals surface area contributed by atoms with Crippen molar-refractivity contribution in [1.82, 2.24) is 9.61 Å². The van der Waals surface area contributed by atoms with E-state index in [-0.39, 0.29) is 40.2 Å². The number of rotatable bonds is 6. The monoisotopic (exact) mass is 563 g/mol. The minimum Gasteiger partial charge on any atom is -0.366 e. The Hall–Kier alpha value is -4.67. The average Bonchev–Trinajstić information content (AvgIpc) is 3.43. The molecule has 4 aromatic rings. The molecule has 5 rings (SSSR count). The lowest BCUT2D eigenvalue weighted by Crippen LogP contribution is -2.31. The third kappa shape index (κ3) is 5.15. The van der Waals surface area contributed by atoms with E-state index in [2.05, 4.69) is 10.4 Å². The fourth-order valence-electron chi connectivity index (χ4n) is 5.42. The highest BCUT2D eigenvalue weighted by atomic mass is 19.4. The minimum atomic E-state index is -4.73. The number of carbonyl (C=O) groups is 3. The Morgan fingerprint density at radius 1 is 1.10 bits per heavy atom. The van der Waals surface area contributed by atoms with Gasteiger partial charge in [-0.05, 0) is 56.2 Å². The van der Waals surface area contributed by atoms with Gasteiger partial charge in [0.05, 0.1) is 22.3 Å². The number of hydrogen-bond acceptors (Lipinski definition) is 4. The van der Waals surface area contributed by atoms with Crippen molar-refractivity contribution in [2.75, 3.05) is 10.2 Å². The standard InChI is InChI=1S/C30H28F3N5O3/c1-4-23-25(18-8-10-22(11-9-18)38-17(3)12-16(2)29(38)41)36-37-15-20(30(31,32)33)14-24(26(23)37)28(40)35-21-7-5-6-19(13-21)27(34)39/h5-11,13-17H,4,12H2,1-3H3,(H2,34,39)(H,35,40). The number of fused-ring (bicyclic) bond motifs is 1. The second kappa shape index (κ2) is 10.4. The quantitative estimate of drug-likeness (QED) is 0.314. The number of aryl methyl sites for hydroxylation is 1. The first-order valence-corrected chi connectivity index (χ1v) is 13.2. The predicted molar refractivity (Wildman–Crippen MR) is 149 cm³/mol. The number of pyridine rings is 1. The molecule has 0 bridgehead atoms. The van der Waals surface area contributed by atoms with E-state index < -0.39 is 23.6 Å². The SMILES string of the molecule is CCc1c(-c2ccc(N3C(=O)C(C)CC3C)cc2)nn2cc(C(F)(F)F)cc(C(=O)Nc3cccc(C(N)=O)c3)c12. The van der Waals surface area contributed by atoms with Gasteiger partial charge in [-0.15, -0.1) is 0 Å². The molecule has 0 radical (unpaired) electrons. The molecule has 2 unspecified atom stereocenters. The molecule has 0 aliphatic carbocycles. The summed E-state index contributed by atoms with van der Waals surface area (Å²) in [6.45, 7) is 5.72. The first kappa shape index (κ1) is 27.9. The van der Waals surface area contributed by atoms with Crippen LogP contribution in [0.5, 0.6) is 0 Å². The first-order chi connectivity index (χ1) is 19.4. The van der Waals surface area contributed by atoms with Gasteiger partial charge in [-0.1, -0.05) is 32.0 Å². The highest BCUT2D eigenvalue weighted by Crippen LogP contribution is 2.36. The van der Waals surface area contributed by atoms with Gasteiger partial charge in [-0.25, -0.2) is 4.52 Å². The Labute approximate surface area is 233 Å². The summed E-state index contributed by atoms with van der Waals surface area (Å²) < 4.78 is 42.7. The minimum absolute atomic E-state index is 0.0453. The number of anilines is 2. The van der Waals surface area contributed by atoms with E-state index in [9.17, 15) is 27.6 Å². The summed E-state index contributed by atoms with van der Waals surface area (Å²) in [5, 5.41) is 7.06. The predicted octanol–water partition coefficient (Wildman–Crippen LogP) is 5.70. The molecule has 1 aliphatic rings. The van der Waals surface area contributed by atoms with E-state index in [1.165, 1.54) is 24.3 Å². The van der Waals surface area contributed by atoms with Crippen LogP contribution in [0, 0.1) is 5.92 Å². The fourth-order valence-corrected chi connectivity index (χ4v) is 5.42. The molecule has 1 fully saturated rings. The molecule has 1 saturated heterocycles. The molecule has 2 atom stereocenters. The number of hydrogen-bond donors (Lipinski definition) is 2. The van der Waals surface area contributed by atoms with Crippen LogP contribution in [-0.4, -0.2) is 33.4 Å². The molecule has 11 heteroatoms. The van der Waals surface area contributed by atoms with E-state index in [1.54, 1.807) is 29.2 Å². The van der Waals surface area contributed by atoms with Crippen LogP contribution in [0.15, 0.2) is 60.8 Å². The third-order valence-corrected chi connectivity index (χ3v) is 7.37. The normalized spacial score (nSPS) is 17.3. The van der Waals surface area contributed by atoms with Crippen molar-refractivity contribution < 1.29 is 27.6 Å². The summed E-state index contributed by atoms with van der Waals surface area (Å²) in [6, 6.07) is 13.8. The molecule has 0 saturated carbocycles. The van der Waals surface area contributed by atoms with Gasteiger partial charge in [0.2, 0.25) is 11.8 Å². The summed E-state index contributed by atoms with van der Waals surface area (Å²) in [6.07, 6.45) is -2.73. The van der Waals surface area contributed by atoms with E-state index in [1.807, 2.05) is 20.8 Å². The van der Waals surface area contributed by atoms with E-state index in [4.69, 9.17) is 5.73 Å². The third-order valence-electron chi connectivity index (χ3n) is 7.37. The Morgan fingerprint density at radius 2 is 1.80 bits per heavy atom. The molecule has 2 aromatic carbocycles. The van der Waals surface area contributed by atoms with Crippen LogP contribution >= 0.6 is 0 Å². The molecule has 3 amide bonds. The second-order valence-electron chi connectivity index (χ2n) is 10.3. The molecule has 212 valence electrons. The summed E-state index contributed by atoms with van der Waals surface area (Å²) >= 11 is 0. The second-order valence-corrected chi connectivity index (χ2v) is 10.3. The van der Waals surface area contributed by atoms with Crippen molar-refractivity contribution in [2.24, 2.45) is 11.7 Å². The van der Waals surface area contributed by atoms with Crippen molar-refractivity contribution >= 4 is 34.6 Å². The van der Waals surface area contributed by atoms with E-state index >= 15 is 0 Å². The topological polar surface area (TPSA) is 110 Å². The lowest BCUT2D eigenvalue weighted by Gasteiger charge is -2.22. The van der Waals surface area contributed by atoms with Gasteiger partial charge in [0.1, 0.15) is 0 Å². The zero-order chi connectivity index (χ0) is 29.6. The number of primary amides is 1. The van der Waals surface area contributed by atoms with E-state index in [0.717, 1.165) is 28.9 Å². The molecule has 2 aromatic heterocycles. The number of carbonyl (C=O) groups excluding carboxylic acids is 3. The smallest absolute Gasteiger partial charge is 0.366 e. The lowest BCUT2D eigenvalue weighted by atomic mass is 10.0. The Kier molecular flexibility index (Phi) is 7.06. The van der Waals surface area contributed by atoms with Crippen molar-refractivity contribution in [2.45, 2.75) is 45.8 Å². The first-order valence-electron chi connectivity index (χ1n) is 13.2. The van der Waals surface area contributed by atoms with Gasteiger partial charge in [-0.2, -0.15) is 18.3 Å². The zero-order valence-electron chi connectivity index (χ0n) is 22.6.